The van der Waals surface area contributed by atoms with Gasteiger partial charge >= 0.3 is 0 Å². The molecule has 0 amide bonds. The number of H-pyrrole nitrogens is 1. The van der Waals surface area contributed by atoms with Crippen LogP contribution < -0.4 is 4.72 Å². The van der Waals surface area contributed by atoms with E-state index in [-0.39, 0.29) is 22.4 Å². The van der Waals surface area contributed by atoms with Gasteiger partial charge in [-0.1, -0.05) is 20.8 Å². The molecule has 0 saturated carbocycles. The van der Waals surface area contributed by atoms with Gasteiger partial charge in [0.2, 0.25) is 0 Å². The van der Waals surface area contributed by atoms with Crippen LogP contribution in [0.1, 0.15) is 33.0 Å². The van der Waals surface area contributed by atoms with Crippen LogP contribution >= 0.6 is 11.6 Å². The molecule has 0 aliphatic heterocycles. The molecule has 0 saturated heterocycles. The third kappa shape index (κ3) is 4.96. The van der Waals surface area contributed by atoms with Crippen LogP contribution in [0.5, 0.6) is 0 Å². The summed E-state index contributed by atoms with van der Waals surface area (Å²) in [6.45, 7) is 8.10. The van der Waals surface area contributed by atoms with Crippen molar-refractivity contribution in [3.8, 4) is 0 Å². The minimum atomic E-state index is -3.54. The molecule has 0 aromatic carbocycles. The molecule has 0 spiro atoms. The number of aryl methyl sites for hydroxylation is 1. The van der Waals surface area contributed by atoms with Crippen molar-refractivity contribution in [3.63, 3.8) is 0 Å². The summed E-state index contributed by atoms with van der Waals surface area (Å²) in [4.78, 5) is 6.55. The van der Waals surface area contributed by atoms with Crippen molar-refractivity contribution in [2.75, 3.05) is 6.54 Å². The molecule has 1 rings (SSSR count). The highest BCUT2D eigenvalue weighted by Crippen LogP contribution is 2.23. The summed E-state index contributed by atoms with van der Waals surface area (Å²) in [5.74, 6) is 0.562. The lowest BCUT2D eigenvalue weighted by Gasteiger charge is -2.21. The van der Waals surface area contributed by atoms with E-state index in [1.807, 2.05) is 0 Å². The molecule has 0 radical (unpaired) electrons. The van der Waals surface area contributed by atoms with Gasteiger partial charge in [-0.3, -0.25) is 0 Å². The van der Waals surface area contributed by atoms with Crippen LogP contribution in [-0.4, -0.2) is 30.3 Å². The van der Waals surface area contributed by atoms with Crippen molar-refractivity contribution < 1.29 is 8.42 Å². The summed E-state index contributed by atoms with van der Waals surface area (Å²) in [5.41, 5.74) is 0.0719. The molecule has 0 aliphatic carbocycles. The summed E-state index contributed by atoms with van der Waals surface area (Å²) in [6.07, 6.45) is 2.03. The van der Waals surface area contributed by atoms with Crippen molar-refractivity contribution in [2.45, 2.75) is 44.5 Å². The fraction of sp³-hybridized carbons (Fsp3) is 0.727. The van der Waals surface area contributed by atoms with Crippen molar-refractivity contribution in [3.05, 3.63) is 12.0 Å². The van der Waals surface area contributed by atoms with Crippen LogP contribution in [0.25, 0.3) is 0 Å². The number of nitrogens with one attached hydrogen (secondary N) is 2. The standard InChI is InChI=1S/C11H20ClN3O2S/c1-8-13-7-10(15-8)18(16,17)14-6-9(12)5-11(2,3)4/h7,9,14H,5-6H2,1-4H3,(H,13,15). The molecule has 1 atom stereocenters. The number of aromatic nitrogens is 2. The van der Waals surface area contributed by atoms with Gasteiger partial charge in [-0.25, -0.2) is 18.1 Å². The lowest BCUT2D eigenvalue weighted by atomic mass is 9.90. The first-order valence-electron chi connectivity index (χ1n) is 5.75. The number of imidazole rings is 1. The first-order valence-corrected chi connectivity index (χ1v) is 7.67. The highest BCUT2D eigenvalue weighted by Gasteiger charge is 2.21. The van der Waals surface area contributed by atoms with Crippen LogP contribution in [0.15, 0.2) is 11.2 Å². The predicted octanol–water partition coefficient (Wildman–Crippen LogP) is 2.04. The second-order valence-corrected chi connectivity index (χ2v) is 7.90. The Labute approximate surface area is 113 Å². The van der Waals surface area contributed by atoms with Gasteiger partial charge in [-0.2, -0.15) is 0 Å². The van der Waals surface area contributed by atoms with E-state index in [0.717, 1.165) is 6.42 Å². The summed E-state index contributed by atoms with van der Waals surface area (Å²) < 4.78 is 26.2. The van der Waals surface area contributed by atoms with E-state index in [1.165, 1.54) is 6.20 Å². The van der Waals surface area contributed by atoms with Gasteiger partial charge < -0.3 is 4.98 Å². The number of alkyl halides is 1. The minimum absolute atomic E-state index is 0.0691. The van der Waals surface area contributed by atoms with Crippen molar-refractivity contribution >= 4 is 21.6 Å². The minimum Gasteiger partial charge on any atom is -0.332 e. The van der Waals surface area contributed by atoms with Crippen LogP contribution in [0.4, 0.5) is 0 Å². The van der Waals surface area contributed by atoms with Crippen molar-refractivity contribution in [1.82, 2.24) is 14.7 Å². The highest BCUT2D eigenvalue weighted by molar-refractivity contribution is 7.89. The number of sulfonamides is 1. The molecular weight excluding hydrogens is 274 g/mol. The molecule has 18 heavy (non-hydrogen) atoms. The molecule has 1 aromatic rings. The largest absolute Gasteiger partial charge is 0.332 e. The molecule has 1 heterocycles. The van der Waals surface area contributed by atoms with E-state index in [9.17, 15) is 8.42 Å². The Hall–Kier alpha value is -0.590. The Kier molecular flexibility index (Phi) is 4.80. The van der Waals surface area contributed by atoms with Gasteiger partial charge in [0.25, 0.3) is 10.0 Å². The first kappa shape index (κ1) is 15.5. The Morgan fingerprint density at radius 3 is 2.56 bits per heavy atom. The third-order valence-electron chi connectivity index (χ3n) is 2.30. The molecule has 5 nitrogen and oxygen atoms in total. The Morgan fingerprint density at radius 2 is 2.11 bits per heavy atom. The van der Waals surface area contributed by atoms with Crippen LogP contribution in [0.3, 0.4) is 0 Å². The Bertz CT molecular complexity index is 491. The van der Waals surface area contributed by atoms with Crippen LogP contribution in [-0.2, 0) is 10.0 Å². The number of nitrogens with zero attached hydrogens (tertiary/aromatic N) is 1. The third-order valence-corrected chi connectivity index (χ3v) is 3.94. The SMILES string of the molecule is Cc1ncc(S(=O)(=O)NCC(Cl)CC(C)(C)C)[nH]1. The second kappa shape index (κ2) is 5.59. The molecule has 1 unspecified atom stereocenters. The number of rotatable bonds is 5. The van der Waals surface area contributed by atoms with Gasteiger partial charge in [0.15, 0.2) is 5.03 Å². The quantitative estimate of drug-likeness (QED) is 0.816. The molecule has 104 valence electrons. The molecular formula is C11H20ClN3O2S. The van der Waals surface area contributed by atoms with E-state index >= 15 is 0 Å². The van der Waals surface area contributed by atoms with Gasteiger partial charge in [0.1, 0.15) is 5.82 Å². The molecule has 7 heteroatoms. The van der Waals surface area contributed by atoms with Crippen molar-refractivity contribution in [1.29, 1.82) is 0 Å². The van der Waals surface area contributed by atoms with Gasteiger partial charge in [-0.15, -0.1) is 11.6 Å². The van der Waals surface area contributed by atoms with E-state index in [0.29, 0.717) is 5.82 Å². The molecule has 0 bridgehead atoms. The fourth-order valence-electron chi connectivity index (χ4n) is 1.55. The maximum absolute atomic E-state index is 11.9. The molecule has 0 fully saturated rings. The molecule has 2 N–H and O–H groups in total. The fourth-order valence-corrected chi connectivity index (χ4v) is 3.23. The zero-order valence-electron chi connectivity index (χ0n) is 11.1. The van der Waals surface area contributed by atoms with E-state index < -0.39 is 10.0 Å². The number of hydrogen-bond donors (Lipinski definition) is 2. The van der Waals surface area contributed by atoms with E-state index in [2.05, 4.69) is 35.5 Å². The Balaban J connectivity index is 2.58. The topological polar surface area (TPSA) is 74.8 Å². The van der Waals surface area contributed by atoms with Gasteiger partial charge in [-0.05, 0) is 18.8 Å². The first-order chi connectivity index (χ1) is 8.10. The van der Waals surface area contributed by atoms with Gasteiger partial charge in [0.05, 0.1) is 6.20 Å². The van der Waals surface area contributed by atoms with E-state index in [1.54, 1.807) is 6.92 Å². The molecule has 1 aromatic heterocycles. The predicted molar refractivity (Wildman–Crippen MR) is 72.2 cm³/mol. The summed E-state index contributed by atoms with van der Waals surface area (Å²) >= 11 is 6.11. The lowest BCUT2D eigenvalue weighted by molar-refractivity contribution is 0.369. The Morgan fingerprint density at radius 1 is 1.50 bits per heavy atom. The second-order valence-electron chi connectivity index (χ2n) is 5.55. The highest BCUT2D eigenvalue weighted by atomic mass is 35.5. The van der Waals surface area contributed by atoms with E-state index in [4.69, 9.17) is 11.6 Å². The summed E-state index contributed by atoms with van der Waals surface area (Å²) in [6, 6.07) is 0. The average molecular weight is 294 g/mol. The number of aromatic amines is 1. The van der Waals surface area contributed by atoms with Crippen LogP contribution in [0, 0.1) is 12.3 Å². The lowest BCUT2D eigenvalue weighted by Crippen LogP contribution is -2.31. The number of hydrogen-bond acceptors (Lipinski definition) is 3. The maximum atomic E-state index is 11.9. The normalized spacial score (nSPS) is 14.7. The summed E-state index contributed by atoms with van der Waals surface area (Å²) in [7, 11) is -3.54. The van der Waals surface area contributed by atoms with Crippen LogP contribution in [0.2, 0.25) is 0 Å². The number of halogens is 1. The maximum Gasteiger partial charge on any atom is 0.257 e. The monoisotopic (exact) mass is 293 g/mol. The smallest absolute Gasteiger partial charge is 0.257 e. The van der Waals surface area contributed by atoms with Crippen molar-refractivity contribution in [2.24, 2.45) is 5.41 Å². The van der Waals surface area contributed by atoms with Gasteiger partial charge in [0, 0.05) is 11.9 Å². The average Bonchev–Trinajstić information content (AvgIpc) is 2.60. The summed E-state index contributed by atoms with van der Waals surface area (Å²) in [5, 5.41) is -0.164. The zero-order chi connectivity index (χ0) is 14.0. The zero-order valence-corrected chi connectivity index (χ0v) is 12.7. The molecule has 0 aliphatic rings.